The lowest BCUT2D eigenvalue weighted by atomic mass is 9.91. The fourth-order valence-corrected chi connectivity index (χ4v) is 3.88. The first-order valence-electron chi connectivity index (χ1n) is 9.50. The van der Waals surface area contributed by atoms with Gasteiger partial charge in [0.05, 0.1) is 23.7 Å². The smallest absolute Gasteiger partial charge is 0.310 e. The van der Waals surface area contributed by atoms with E-state index >= 15 is 0 Å². The average molecular weight is 444 g/mol. The molecule has 0 radical (unpaired) electrons. The van der Waals surface area contributed by atoms with Crippen LogP contribution in [0.15, 0.2) is 29.1 Å². The molecule has 0 aliphatic heterocycles. The second-order valence-corrected chi connectivity index (χ2v) is 8.21. The van der Waals surface area contributed by atoms with E-state index in [1.54, 1.807) is 0 Å². The summed E-state index contributed by atoms with van der Waals surface area (Å²) in [6.45, 7) is 3.37. The zero-order valence-electron chi connectivity index (χ0n) is 16.5. The molecular weight excluding hydrogens is 426 g/mol. The summed E-state index contributed by atoms with van der Waals surface area (Å²) in [4.78, 5) is 19.1. The normalized spacial score (nSPS) is 17.2. The van der Waals surface area contributed by atoms with Crippen molar-refractivity contribution in [2.75, 3.05) is 0 Å². The number of aromatic amines is 1. The molecule has 1 unspecified atom stereocenters. The van der Waals surface area contributed by atoms with E-state index in [-0.39, 0.29) is 16.9 Å². The van der Waals surface area contributed by atoms with E-state index in [2.05, 4.69) is 15.1 Å². The van der Waals surface area contributed by atoms with Crippen LogP contribution >= 0.6 is 0 Å². The Balaban J connectivity index is 1.92. The number of nitrogens with one attached hydrogen (secondary N) is 1. The minimum absolute atomic E-state index is 0.0153. The molecule has 2 aromatic heterocycles. The molecule has 1 aromatic carbocycles. The van der Waals surface area contributed by atoms with Gasteiger partial charge >= 0.3 is 12.4 Å². The fraction of sp³-hybridized carbons (Fsp3) is 0.450. The lowest BCUT2D eigenvalue weighted by Crippen LogP contribution is -2.22. The van der Waals surface area contributed by atoms with Crippen LogP contribution in [0.4, 0.5) is 26.3 Å². The molecular formula is C20H18F6N4O. The zero-order valence-corrected chi connectivity index (χ0v) is 16.5. The van der Waals surface area contributed by atoms with Gasteiger partial charge in [-0.1, -0.05) is 19.1 Å². The van der Waals surface area contributed by atoms with Crippen LogP contribution in [-0.2, 0) is 12.6 Å². The Hall–Kier alpha value is -2.85. The van der Waals surface area contributed by atoms with Crippen molar-refractivity contribution in [3.8, 4) is 0 Å². The van der Waals surface area contributed by atoms with Gasteiger partial charge in [-0.25, -0.2) is 9.67 Å². The molecule has 0 spiro atoms. The molecule has 1 fully saturated rings. The Morgan fingerprint density at radius 3 is 2.26 bits per heavy atom. The molecule has 5 nitrogen and oxygen atoms in total. The van der Waals surface area contributed by atoms with Crippen molar-refractivity contribution in [1.29, 1.82) is 0 Å². The summed E-state index contributed by atoms with van der Waals surface area (Å²) in [6.07, 6.45) is -9.12. The number of fused-ring (bicyclic) bond motifs is 1. The second-order valence-electron chi connectivity index (χ2n) is 8.21. The first kappa shape index (κ1) is 21.4. The first-order valence-corrected chi connectivity index (χ1v) is 9.50. The molecule has 1 saturated carbocycles. The molecule has 3 aromatic rings. The maximum Gasteiger partial charge on any atom is 0.416 e. The van der Waals surface area contributed by atoms with Gasteiger partial charge < -0.3 is 4.98 Å². The van der Waals surface area contributed by atoms with E-state index in [0.29, 0.717) is 18.4 Å². The first-order chi connectivity index (χ1) is 14.3. The predicted molar refractivity (Wildman–Crippen MR) is 99.6 cm³/mol. The van der Waals surface area contributed by atoms with Gasteiger partial charge in [0, 0.05) is 0 Å². The van der Waals surface area contributed by atoms with Gasteiger partial charge in [-0.15, -0.1) is 0 Å². The maximum absolute atomic E-state index is 13.1. The molecule has 0 amide bonds. The lowest BCUT2D eigenvalue weighted by Gasteiger charge is -2.25. The monoisotopic (exact) mass is 444 g/mol. The molecule has 1 N–H and O–H groups in total. The summed E-state index contributed by atoms with van der Waals surface area (Å²) in [6, 6.07) is 3.79. The molecule has 31 heavy (non-hydrogen) atoms. The topological polar surface area (TPSA) is 63.6 Å². The number of halogens is 6. The number of benzene rings is 1. The number of hydrogen-bond acceptors (Lipinski definition) is 3. The Morgan fingerprint density at radius 2 is 1.74 bits per heavy atom. The van der Waals surface area contributed by atoms with Crippen LogP contribution in [0.2, 0.25) is 0 Å². The summed E-state index contributed by atoms with van der Waals surface area (Å²) in [5.74, 6) is 0.198. The molecule has 0 saturated heterocycles. The van der Waals surface area contributed by atoms with Crippen LogP contribution in [0.25, 0.3) is 11.0 Å². The molecule has 2 heterocycles. The van der Waals surface area contributed by atoms with Crippen molar-refractivity contribution in [2.45, 2.75) is 51.5 Å². The van der Waals surface area contributed by atoms with Gasteiger partial charge in [-0.05, 0) is 42.9 Å². The largest absolute Gasteiger partial charge is 0.416 e. The third kappa shape index (κ3) is 4.05. The fourth-order valence-electron chi connectivity index (χ4n) is 3.88. The number of aromatic nitrogens is 4. The van der Waals surface area contributed by atoms with E-state index in [9.17, 15) is 31.1 Å². The van der Waals surface area contributed by atoms with Crippen molar-refractivity contribution in [1.82, 2.24) is 19.7 Å². The highest BCUT2D eigenvalue weighted by molar-refractivity contribution is 5.77. The number of nitrogens with zero attached hydrogens (tertiary/aromatic N) is 3. The third-order valence-electron chi connectivity index (χ3n) is 5.62. The number of hydrogen-bond donors (Lipinski definition) is 1. The summed E-state index contributed by atoms with van der Waals surface area (Å²) in [7, 11) is 0. The Bertz CT molecular complexity index is 1190. The molecule has 4 rings (SSSR count). The Labute approximate surface area is 172 Å². The van der Waals surface area contributed by atoms with Gasteiger partial charge in [0.1, 0.15) is 11.2 Å². The van der Waals surface area contributed by atoms with Crippen LogP contribution in [0, 0.1) is 12.3 Å². The minimum atomic E-state index is -4.60. The van der Waals surface area contributed by atoms with Crippen molar-refractivity contribution in [3.63, 3.8) is 0 Å². The summed E-state index contributed by atoms with van der Waals surface area (Å²) in [5.41, 5.74) is -2.02. The standard InChI is InChI=1S/C20H18F6N4O/c1-10-27-16-14(17(31)28-10)13(9-19(21,22)23)29-30(16)15(18(2)7-8-18)11-3-5-12(6-4-11)20(24,25)26/h3-6,15H,7-9H2,1-2H3,(H,27,28,31). The van der Waals surface area contributed by atoms with Gasteiger partial charge in [0.15, 0.2) is 5.65 Å². The summed E-state index contributed by atoms with van der Waals surface area (Å²) < 4.78 is 79.6. The maximum atomic E-state index is 13.1. The quantitative estimate of drug-likeness (QED) is 0.580. The molecule has 0 bridgehead atoms. The van der Waals surface area contributed by atoms with Crippen molar-refractivity contribution in [2.24, 2.45) is 5.41 Å². The van der Waals surface area contributed by atoms with E-state index < -0.39 is 47.0 Å². The highest BCUT2D eigenvalue weighted by Gasteiger charge is 2.48. The highest BCUT2D eigenvalue weighted by Crippen LogP contribution is 2.56. The number of rotatable bonds is 4. The number of aryl methyl sites for hydroxylation is 1. The molecule has 166 valence electrons. The van der Waals surface area contributed by atoms with E-state index in [1.807, 2.05) is 6.92 Å². The number of H-pyrrole nitrogens is 1. The van der Waals surface area contributed by atoms with E-state index in [1.165, 1.54) is 23.7 Å². The van der Waals surface area contributed by atoms with Crippen LogP contribution in [0.5, 0.6) is 0 Å². The van der Waals surface area contributed by atoms with E-state index in [0.717, 1.165) is 12.1 Å². The van der Waals surface area contributed by atoms with Crippen molar-refractivity contribution < 1.29 is 26.3 Å². The van der Waals surface area contributed by atoms with Gasteiger partial charge in [-0.2, -0.15) is 31.4 Å². The average Bonchev–Trinajstić information content (AvgIpc) is 3.27. The summed E-state index contributed by atoms with van der Waals surface area (Å²) >= 11 is 0. The van der Waals surface area contributed by atoms with Crippen LogP contribution in [0.3, 0.4) is 0 Å². The van der Waals surface area contributed by atoms with E-state index in [4.69, 9.17) is 0 Å². The zero-order chi connectivity index (χ0) is 22.8. The summed E-state index contributed by atoms with van der Waals surface area (Å²) in [5, 5.41) is 3.86. The molecule has 1 aliphatic rings. The third-order valence-corrected chi connectivity index (χ3v) is 5.62. The molecule has 1 aliphatic carbocycles. The van der Waals surface area contributed by atoms with Crippen molar-refractivity contribution in [3.05, 3.63) is 57.3 Å². The highest BCUT2D eigenvalue weighted by atomic mass is 19.4. The van der Waals surface area contributed by atoms with Gasteiger partial charge in [0.2, 0.25) is 0 Å². The van der Waals surface area contributed by atoms with Crippen LogP contribution < -0.4 is 5.56 Å². The van der Waals surface area contributed by atoms with Crippen LogP contribution in [0.1, 0.15) is 48.5 Å². The molecule has 11 heteroatoms. The van der Waals surface area contributed by atoms with Gasteiger partial charge in [0.25, 0.3) is 5.56 Å². The second kappa shape index (κ2) is 6.83. The SMILES string of the molecule is Cc1nc2c(c(CC(F)(F)F)nn2C(c2ccc(C(F)(F)F)cc2)C2(C)CC2)c(=O)[nH]1. The number of alkyl halides is 6. The van der Waals surface area contributed by atoms with Crippen LogP contribution in [-0.4, -0.2) is 25.9 Å². The predicted octanol–water partition coefficient (Wildman–Crippen LogP) is 4.94. The Morgan fingerprint density at radius 1 is 1.13 bits per heavy atom. The minimum Gasteiger partial charge on any atom is -0.310 e. The van der Waals surface area contributed by atoms with Crippen molar-refractivity contribution >= 4 is 11.0 Å². The lowest BCUT2D eigenvalue weighted by molar-refractivity contribution is -0.137. The van der Waals surface area contributed by atoms with Gasteiger partial charge in [-0.3, -0.25) is 4.79 Å². The molecule has 1 atom stereocenters. The Kier molecular flexibility index (Phi) is 4.71.